The number of esters is 1. The summed E-state index contributed by atoms with van der Waals surface area (Å²) in [5.74, 6) is 0.119. The van der Waals surface area contributed by atoms with Gasteiger partial charge in [-0.25, -0.2) is 9.48 Å². The number of hydrogen-bond donors (Lipinski definition) is 1. The molecule has 0 unspecified atom stereocenters. The molecule has 0 spiro atoms. The van der Waals surface area contributed by atoms with Crippen LogP contribution in [0.3, 0.4) is 0 Å². The maximum absolute atomic E-state index is 11.7. The predicted molar refractivity (Wildman–Crippen MR) is 64.6 cm³/mol. The smallest absolute Gasteiger partial charge is 0.338 e. The Bertz CT molecular complexity index is 579. The molecule has 0 aliphatic heterocycles. The molecule has 94 valence electrons. The van der Waals surface area contributed by atoms with Crippen LogP contribution in [0.5, 0.6) is 0 Å². The Morgan fingerprint density at radius 1 is 1.44 bits per heavy atom. The largest absolute Gasteiger partial charge is 0.462 e. The van der Waals surface area contributed by atoms with Crippen molar-refractivity contribution in [1.29, 1.82) is 0 Å². The van der Waals surface area contributed by atoms with Gasteiger partial charge in [-0.05, 0) is 35.5 Å². The summed E-state index contributed by atoms with van der Waals surface area (Å²) in [6.07, 6.45) is 0. The van der Waals surface area contributed by atoms with Gasteiger partial charge in [-0.1, -0.05) is 0 Å². The van der Waals surface area contributed by atoms with Gasteiger partial charge in [0.25, 0.3) is 0 Å². The highest BCUT2D eigenvalue weighted by molar-refractivity contribution is 5.92. The van der Waals surface area contributed by atoms with Crippen LogP contribution in [0.4, 0.5) is 5.69 Å². The van der Waals surface area contributed by atoms with Crippen molar-refractivity contribution in [3.05, 3.63) is 23.8 Å². The van der Waals surface area contributed by atoms with E-state index in [1.54, 1.807) is 32.2 Å². The molecule has 0 bridgehead atoms. The number of nitrogen functional groups attached to an aromatic ring is 1. The van der Waals surface area contributed by atoms with E-state index in [0.717, 1.165) is 0 Å². The molecule has 0 atom stereocenters. The molecule has 0 aliphatic rings. The molecular formula is C11H13N5O2. The van der Waals surface area contributed by atoms with Gasteiger partial charge in [0.05, 0.1) is 12.2 Å². The third kappa shape index (κ3) is 2.29. The van der Waals surface area contributed by atoms with Gasteiger partial charge < -0.3 is 10.5 Å². The van der Waals surface area contributed by atoms with E-state index in [0.29, 0.717) is 29.2 Å². The predicted octanol–water partition coefficient (Wildman–Crippen LogP) is 0.636. The molecule has 2 rings (SSSR count). The van der Waals surface area contributed by atoms with Crippen LogP contribution in [0, 0.1) is 0 Å². The maximum atomic E-state index is 11.7. The molecule has 7 heteroatoms. The zero-order valence-corrected chi connectivity index (χ0v) is 10.1. The fourth-order valence-electron chi connectivity index (χ4n) is 1.59. The van der Waals surface area contributed by atoms with E-state index in [9.17, 15) is 4.79 Å². The summed E-state index contributed by atoms with van der Waals surface area (Å²) in [6, 6.07) is 4.92. The second kappa shape index (κ2) is 4.82. The van der Waals surface area contributed by atoms with Crippen LogP contribution in [-0.4, -0.2) is 32.8 Å². The highest BCUT2D eigenvalue weighted by Gasteiger charge is 2.12. The van der Waals surface area contributed by atoms with Crippen molar-refractivity contribution in [1.82, 2.24) is 20.2 Å². The summed E-state index contributed by atoms with van der Waals surface area (Å²) < 4.78 is 6.44. The number of rotatable bonds is 3. The van der Waals surface area contributed by atoms with E-state index in [1.807, 2.05) is 0 Å². The maximum Gasteiger partial charge on any atom is 0.338 e. The first-order chi connectivity index (χ1) is 8.61. The summed E-state index contributed by atoms with van der Waals surface area (Å²) in [6.45, 7) is 2.06. The van der Waals surface area contributed by atoms with Crippen LogP contribution in [0.1, 0.15) is 17.3 Å². The molecule has 18 heavy (non-hydrogen) atoms. The summed E-state index contributed by atoms with van der Waals surface area (Å²) in [4.78, 5) is 11.7. The minimum Gasteiger partial charge on any atom is -0.462 e. The van der Waals surface area contributed by atoms with Crippen LogP contribution in [0.2, 0.25) is 0 Å². The van der Waals surface area contributed by atoms with Gasteiger partial charge in [-0.15, -0.1) is 5.10 Å². The lowest BCUT2D eigenvalue weighted by Gasteiger charge is -2.06. The van der Waals surface area contributed by atoms with Gasteiger partial charge >= 0.3 is 5.97 Å². The van der Waals surface area contributed by atoms with Crippen molar-refractivity contribution in [3.8, 4) is 11.4 Å². The summed E-state index contributed by atoms with van der Waals surface area (Å²) in [7, 11) is 1.71. The van der Waals surface area contributed by atoms with Gasteiger partial charge in [0.15, 0.2) is 5.82 Å². The number of nitrogens with two attached hydrogens (primary N) is 1. The van der Waals surface area contributed by atoms with Crippen LogP contribution in [-0.2, 0) is 11.8 Å². The van der Waals surface area contributed by atoms with Crippen molar-refractivity contribution in [2.45, 2.75) is 6.92 Å². The summed E-state index contributed by atoms with van der Waals surface area (Å²) in [5, 5.41) is 11.1. The molecule has 0 amide bonds. The van der Waals surface area contributed by atoms with Crippen LogP contribution < -0.4 is 5.73 Å². The van der Waals surface area contributed by atoms with Crippen LogP contribution >= 0.6 is 0 Å². The van der Waals surface area contributed by atoms with E-state index in [-0.39, 0.29) is 0 Å². The minimum atomic E-state index is -0.416. The Labute approximate surface area is 104 Å². The van der Waals surface area contributed by atoms with E-state index in [4.69, 9.17) is 10.5 Å². The van der Waals surface area contributed by atoms with Gasteiger partial charge in [0, 0.05) is 18.3 Å². The van der Waals surface area contributed by atoms with Gasteiger partial charge in [0.1, 0.15) is 0 Å². The lowest BCUT2D eigenvalue weighted by molar-refractivity contribution is 0.0526. The van der Waals surface area contributed by atoms with Gasteiger partial charge in [0.2, 0.25) is 0 Å². The summed E-state index contributed by atoms with van der Waals surface area (Å²) >= 11 is 0. The molecule has 0 radical (unpaired) electrons. The Hall–Kier alpha value is -2.44. The molecule has 1 heterocycles. The van der Waals surface area contributed by atoms with Gasteiger partial charge in [-0.2, -0.15) is 0 Å². The monoisotopic (exact) mass is 247 g/mol. The Morgan fingerprint density at radius 2 is 2.22 bits per heavy atom. The lowest BCUT2D eigenvalue weighted by Crippen LogP contribution is -2.06. The van der Waals surface area contributed by atoms with Crippen LogP contribution in [0.25, 0.3) is 11.4 Å². The molecule has 0 saturated carbocycles. The number of hydrogen-bond acceptors (Lipinski definition) is 6. The fourth-order valence-corrected chi connectivity index (χ4v) is 1.59. The molecule has 2 N–H and O–H groups in total. The molecule has 0 fully saturated rings. The van der Waals surface area contributed by atoms with Crippen molar-refractivity contribution in [3.63, 3.8) is 0 Å². The average Bonchev–Trinajstić information content (AvgIpc) is 2.75. The number of ether oxygens (including phenoxy) is 1. The number of benzene rings is 1. The SMILES string of the molecule is CCOC(=O)c1cc(N)cc(-c2nnnn2C)c1. The van der Waals surface area contributed by atoms with Crippen molar-refractivity contribution >= 4 is 11.7 Å². The first-order valence-electron chi connectivity index (χ1n) is 5.42. The van der Waals surface area contributed by atoms with E-state index in [1.165, 1.54) is 4.68 Å². The average molecular weight is 247 g/mol. The molecule has 0 saturated heterocycles. The van der Waals surface area contributed by atoms with E-state index >= 15 is 0 Å². The quantitative estimate of drug-likeness (QED) is 0.631. The van der Waals surface area contributed by atoms with Gasteiger partial charge in [-0.3, -0.25) is 0 Å². The van der Waals surface area contributed by atoms with Crippen molar-refractivity contribution < 1.29 is 9.53 Å². The number of carbonyl (C=O) groups excluding carboxylic acids is 1. The summed E-state index contributed by atoms with van der Waals surface area (Å²) in [5.41, 5.74) is 7.28. The molecule has 7 nitrogen and oxygen atoms in total. The number of aryl methyl sites for hydroxylation is 1. The number of tetrazole rings is 1. The highest BCUT2D eigenvalue weighted by atomic mass is 16.5. The normalized spacial score (nSPS) is 10.3. The fraction of sp³-hybridized carbons (Fsp3) is 0.273. The topological polar surface area (TPSA) is 95.9 Å². The van der Waals surface area contributed by atoms with E-state index in [2.05, 4.69) is 15.5 Å². The zero-order valence-electron chi connectivity index (χ0n) is 10.1. The molecular weight excluding hydrogens is 234 g/mol. The lowest BCUT2D eigenvalue weighted by atomic mass is 10.1. The zero-order chi connectivity index (χ0) is 13.1. The standard InChI is InChI=1S/C11H13N5O2/c1-3-18-11(17)8-4-7(5-9(12)6-8)10-13-14-15-16(10)2/h4-6H,3,12H2,1-2H3. The third-order valence-electron chi connectivity index (χ3n) is 2.34. The Kier molecular flexibility index (Phi) is 3.22. The molecule has 2 aromatic rings. The van der Waals surface area contributed by atoms with E-state index < -0.39 is 5.97 Å². The van der Waals surface area contributed by atoms with Crippen molar-refractivity contribution in [2.75, 3.05) is 12.3 Å². The molecule has 1 aromatic heterocycles. The Morgan fingerprint density at radius 3 is 2.83 bits per heavy atom. The van der Waals surface area contributed by atoms with Crippen LogP contribution in [0.15, 0.2) is 18.2 Å². The second-order valence-corrected chi connectivity index (χ2v) is 3.69. The molecule has 0 aliphatic carbocycles. The third-order valence-corrected chi connectivity index (χ3v) is 2.34. The first-order valence-corrected chi connectivity index (χ1v) is 5.42. The Balaban J connectivity index is 2.44. The highest BCUT2D eigenvalue weighted by Crippen LogP contribution is 2.21. The minimum absolute atomic E-state index is 0.314. The first kappa shape index (κ1) is 12.0. The number of anilines is 1. The molecule has 1 aromatic carbocycles. The number of aromatic nitrogens is 4. The van der Waals surface area contributed by atoms with Crippen molar-refractivity contribution in [2.24, 2.45) is 7.05 Å². The second-order valence-electron chi connectivity index (χ2n) is 3.69. The number of carbonyl (C=O) groups is 1. The number of nitrogens with zero attached hydrogens (tertiary/aromatic N) is 4.